The average Bonchev–Trinajstić information content (AvgIpc) is 2.29. The van der Waals surface area contributed by atoms with Crippen LogP contribution >= 0.6 is 0 Å². The van der Waals surface area contributed by atoms with Crippen LogP contribution in [0.5, 0.6) is 0 Å². The highest BCUT2D eigenvalue weighted by Gasteiger charge is 2.16. The van der Waals surface area contributed by atoms with Crippen molar-refractivity contribution in [2.45, 2.75) is 6.42 Å². The summed E-state index contributed by atoms with van der Waals surface area (Å²) < 4.78 is 26.5. The molecule has 0 fully saturated rings. The van der Waals surface area contributed by atoms with Crippen LogP contribution in [0.1, 0.15) is 16.8 Å². The van der Waals surface area contributed by atoms with E-state index in [1.165, 1.54) is 0 Å². The van der Waals surface area contributed by atoms with Gasteiger partial charge in [-0.2, -0.15) is 0 Å². The molecule has 0 aromatic heterocycles. The van der Waals surface area contributed by atoms with Gasteiger partial charge in [0.25, 0.3) is 0 Å². The van der Waals surface area contributed by atoms with Crippen LogP contribution in [-0.2, 0) is 4.79 Å². The number of halogens is 2. The molecule has 0 atom stereocenters. The molecule has 0 radical (unpaired) electrons. The fourth-order valence-corrected chi connectivity index (χ4v) is 1.35. The van der Waals surface area contributed by atoms with E-state index in [9.17, 15) is 18.4 Å². The number of aromatic carboxylic acids is 1. The van der Waals surface area contributed by atoms with E-state index in [-0.39, 0.29) is 12.1 Å². The molecule has 0 unspecified atom stereocenters. The van der Waals surface area contributed by atoms with E-state index in [4.69, 9.17) is 5.11 Å². The summed E-state index contributed by atoms with van der Waals surface area (Å²) in [6.45, 7) is 0.459. The Morgan fingerprint density at radius 1 is 1.26 bits per heavy atom. The third-order valence-electron chi connectivity index (χ3n) is 2.35. The summed E-state index contributed by atoms with van der Waals surface area (Å²) in [5.74, 6) is -4.20. The van der Waals surface area contributed by atoms with Crippen LogP contribution in [-0.4, -0.2) is 42.5 Å². The number of nitrogens with zero attached hydrogens (tertiary/aromatic N) is 1. The molecule has 1 rings (SSSR count). The van der Waals surface area contributed by atoms with Crippen LogP contribution in [0.2, 0.25) is 0 Å². The summed E-state index contributed by atoms with van der Waals surface area (Å²) in [6.07, 6.45) is 0.117. The van der Waals surface area contributed by atoms with Crippen LogP contribution in [0.15, 0.2) is 12.1 Å². The minimum Gasteiger partial charge on any atom is -0.478 e. The molecule has 5 nitrogen and oxygen atoms in total. The third kappa shape index (κ3) is 4.29. The molecule has 0 aliphatic heterocycles. The van der Waals surface area contributed by atoms with Crippen LogP contribution in [0.4, 0.5) is 14.5 Å². The van der Waals surface area contributed by atoms with Gasteiger partial charge in [0.15, 0.2) is 0 Å². The average molecular weight is 272 g/mol. The molecule has 0 saturated carbocycles. The maximum Gasteiger partial charge on any atom is 0.338 e. The molecule has 1 aromatic carbocycles. The van der Waals surface area contributed by atoms with Gasteiger partial charge in [-0.3, -0.25) is 4.79 Å². The van der Waals surface area contributed by atoms with Gasteiger partial charge in [0.1, 0.15) is 11.6 Å². The molecule has 1 aromatic rings. The smallest absolute Gasteiger partial charge is 0.338 e. The lowest BCUT2D eigenvalue weighted by molar-refractivity contribution is -0.116. The van der Waals surface area contributed by atoms with Crippen molar-refractivity contribution in [2.75, 3.05) is 26.0 Å². The van der Waals surface area contributed by atoms with Crippen molar-refractivity contribution in [1.82, 2.24) is 4.90 Å². The molecule has 0 spiro atoms. The van der Waals surface area contributed by atoms with E-state index >= 15 is 0 Å². The molecular weight excluding hydrogens is 258 g/mol. The Morgan fingerprint density at radius 3 is 2.42 bits per heavy atom. The van der Waals surface area contributed by atoms with Gasteiger partial charge in [-0.15, -0.1) is 0 Å². The van der Waals surface area contributed by atoms with Gasteiger partial charge in [0.2, 0.25) is 5.91 Å². The Morgan fingerprint density at radius 2 is 1.89 bits per heavy atom. The minimum atomic E-state index is -1.53. The minimum absolute atomic E-state index is 0.117. The molecule has 0 saturated heterocycles. The monoisotopic (exact) mass is 272 g/mol. The second-order valence-corrected chi connectivity index (χ2v) is 4.22. The van der Waals surface area contributed by atoms with E-state index in [0.29, 0.717) is 12.6 Å². The van der Waals surface area contributed by atoms with Crippen molar-refractivity contribution in [2.24, 2.45) is 0 Å². The predicted molar refractivity (Wildman–Crippen MR) is 65.1 cm³/mol. The Balaban J connectivity index is 2.86. The Bertz CT molecular complexity index is 504. The maximum absolute atomic E-state index is 13.4. The highest BCUT2D eigenvalue weighted by atomic mass is 19.1. The third-order valence-corrected chi connectivity index (χ3v) is 2.35. The lowest BCUT2D eigenvalue weighted by Gasteiger charge is -2.11. The first-order chi connectivity index (χ1) is 8.81. The SMILES string of the molecule is CN(C)CCC(=O)Nc1cc(C(=O)O)c(F)cc1F. The van der Waals surface area contributed by atoms with Gasteiger partial charge >= 0.3 is 5.97 Å². The molecule has 0 aliphatic carbocycles. The summed E-state index contributed by atoms with van der Waals surface area (Å²) in [6, 6.07) is 1.20. The normalized spacial score (nSPS) is 10.6. The van der Waals surface area contributed by atoms with Crippen LogP contribution in [0.25, 0.3) is 0 Å². The Labute approximate surface area is 108 Å². The highest BCUT2D eigenvalue weighted by molar-refractivity contribution is 5.94. The second kappa shape index (κ2) is 6.24. The summed E-state index contributed by atoms with van der Waals surface area (Å²) in [5.41, 5.74) is -1.04. The number of benzene rings is 1. The largest absolute Gasteiger partial charge is 0.478 e. The van der Waals surface area contributed by atoms with Gasteiger partial charge < -0.3 is 15.3 Å². The lowest BCUT2D eigenvalue weighted by atomic mass is 10.1. The fraction of sp³-hybridized carbons (Fsp3) is 0.333. The van der Waals surface area contributed by atoms with Crippen LogP contribution < -0.4 is 5.32 Å². The molecular formula is C12H14F2N2O3. The highest BCUT2D eigenvalue weighted by Crippen LogP contribution is 2.19. The number of carbonyl (C=O) groups excluding carboxylic acids is 1. The zero-order chi connectivity index (χ0) is 14.6. The predicted octanol–water partition coefficient (Wildman–Crippen LogP) is 1.55. The Hall–Kier alpha value is -2.02. The zero-order valence-electron chi connectivity index (χ0n) is 10.5. The van der Waals surface area contributed by atoms with Crippen molar-refractivity contribution in [3.63, 3.8) is 0 Å². The molecule has 0 heterocycles. The fourth-order valence-electron chi connectivity index (χ4n) is 1.35. The number of carboxylic acids is 1. The molecule has 2 N–H and O–H groups in total. The van der Waals surface area contributed by atoms with Crippen molar-refractivity contribution >= 4 is 17.6 Å². The van der Waals surface area contributed by atoms with Crippen molar-refractivity contribution in [3.05, 3.63) is 29.3 Å². The first-order valence-electron chi connectivity index (χ1n) is 5.48. The molecule has 7 heteroatoms. The van der Waals surface area contributed by atoms with Crippen molar-refractivity contribution in [3.8, 4) is 0 Å². The summed E-state index contributed by atoms with van der Waals surface area (Å²) >= 11 is 0. The number of rotatable bonds is 5. The van der Waals surface area contributed by atoms with E-state index in [1.807, 2.05) is 0 Å². The van der Waals surface area contributed by atoms with Gasteiger partial charge in [0.05, 0.1) is 11.3 Å². The first kappa shape index (κ1) is 15.0. The number of amides is 1. The summed E-state index contributed by atoms with van der Waals surface area (Å²) in [7, 11) is 3.54. The number of carbonyl (C=O) groups is 2. The Kier molecular flexibility index (Phi) is 4.94. The molecule has 104 valence electrons. The van der Waals surface area contributed by atoms with Crippen molar-refractivity contribution < 1.29 is 23.5 Å². The van der Waals surface area contributed by atoms with Gasteiger partial charge in [0, 0.05) is 19.0 Å². The molecule has 0 bridgehead atoms. The maximum atomic E-state index is 13.4. The summed E-state index contributed by atoms with van der Waals surface area (Å²) in [4.78, 5) is 24.0. The first-order valence-corrected chi connectivity index (χ1v) is 5.48. The van der Waals surface area contributed by atoms with Gasteiger partial charge in [-0.25, -0.2) is 13.6 Å². The van der Waals surface area contributed by atoms with Crippen LogP contribution in [0.3, 0.4) is 0 Å². The number of hydrogen-bond acceptors (Lipinski definition) is 3. The zero-order valence-corrected chi connectivity index (χ0v) is 10.5. The standard InChI is InChI=1S/C12H14F2N2O3/c1-16(2)4-3-11(17)15-10-5-7(12(18)19)8(13)6-9(10)14/h5-6H,3-4H2,1-2H3,(H,15,17)(H,18,19). The number of anilines is 1. The van der Waals surface area contributed by atoms with Gasteiger partial charge in [-0.05, 0) is 20.2 Å². The second-order valence-electron chi connectivity index (χ2n) is 4.22. The summed E-state index contributed by atoms with van der Waals surface area (Å²) in [5, 5.41) is 10.9. The van der Waals surface area contributed by atoms with Gasteiger partial charge in [-0.1, -0.05) is 0 Å². The molecule has 19 heavy (non-hydrogen) atoms. The number of carboxylic acid groups (broad SMARTS) is 1. The molecule has 1 amide bonds. The van der Waals surface area contributed by atoms with E-state index in [1.54, 1.807) is 19.0 Å². The van der Waals surface area contributed by atoms with Crippen molar-refractivity contribution in [1.29, 1.82) is 0 Å². The van der Waals surface area contributed by atoms with E-state index < -0.39 is 29.1 Å². The van der Waals surface area contributed by atoms with E-state index in [0.717, 1.165) is 6.07 Å². The van der Waals surface area contributed by atoms with Crippen LogP contribution in [0, 0.1) is 11.6 Å². The lowest BCUT2D eigenvalue weighted by Crippen LogP contribution is -2.21. The quantitative estimate of drug-likeness (QED) is 0.853. The number of hydrogen-bond donors (Lipinski definition) is 2. The number of nitrogens with one attached hydrogen (secondary N) is 1. The molecule has 0 aliphatic rings. The van der Waals surface area contributed by atoms with E-state index in [2.05, 4.69) is 5.32 Å². The topological polar surface area (TPSA) is 69.6 Å².